The number of carbonyl (C=O) groups excluding carboxylic acids is 2. The molecule has 1 aliphatic heterocycles. The van der Waals surface area contributed by atoms with E-state index in [1.807, 2.05) is 55.4 Å². The highest BCUT2D eigenvalue weighted by molar-refractivity contribution is 9.11. The maximum absolute atomic E-state index is 12.3. The lowest BCUT2D eigenvalue weighted by Crippen LogP contribution is -2.41. The Morgan fingerprint density at radius 1 is 0.738 bits per heavy atom. The molecule has 22 heteroatoms. The fourth-order valence-electron chi connectivity index (χ4n) is 4.73. The molecule has 2 amide bonds. The number of rotatable bonds is 8. The van der Waals surface area contributed by atoms with Gasteiger partial charge in [-0.3, -0.25) is 19.8 Å². The molecular formula is C39H54BBrF4N6O8S2. The lowest BCUT2D eigenvalue weighted by molar-refractivity contribution is -0.0507. The number of anilines is 2. The molecule has 0 unspecified atom stereocenters. The summed E-state index contributed by atoms with van der Waals surface area (Å²) in [6.45, 7) is 16.3. The van der Waals surface area contributed by atoms with Gasteiger partial charge in [0.15, 0.2) is 3.92 Å². The number of ether oxygens (including phenoxy) is 4. The molecule has 1 fully saturated rings. The molecule has 0 spiro atoms. The number of hydrogen-bond donors (Lipinski definition) is 0. The number of aryl methyl sites for hydroxylation is 2. The predicted octanol–water partition coefficient (Wildman–Crippen LogP) is 10.7. The molecule has 0 N–H and O–H groups in total. The topological polar surface area (TPSA) is 148 Å². The largest absolute Gasteiger partial charge is 0.496 e. The van der Waals surface area contributed by atoms with E-state index in [0.29, 0.717) is 26.7 Å². The molecule has 5 rings (SSSR count). The SMILES string of the molecule is C.CC1(C)OB(c2cncc(OC(F)F)c2)OC1(C)C.Cc1nc(-c2cncc(OC(F)F)c2)sc1N(C)C(=O)OC(C)(C)C.Cc1nc(Br)sc1N(C)C(=O)OC(C)(C)C. The van der Waals surface area contributed by atoms with E-state index in [-0.39, 0.29) is 25.0 Å². The summed E-state index contributed by atoms with van der Waals surface area (Å²) < 4.78 is 80.6. The first-order valence-electron chi connectivity index (χ1n) is 18.2. The van der Waals surface area contributed by atoms with E-state index in [2.05, 4.69) is 45.3 Å². The number of amides is 2. The molecule has 61 heavy (non-hydrogen) atoms. The van der Waals surface area contributed by atoms with Gasteiger partial charge >= 0.3 is 32.5 Å². The molecule has 0 radical (unpaired) electrons. The highest BCUT2D eigenvalue weighted by Gasteiger charge is 2.52. The number of alkyl halides is 4. The van der Waals surface area contributed by atoms with E-state index in [1.54, 1.807) is 41.8 Å². The minimum atomic E-state index is -2.93. The second-order valence-electron chi connectivity index (χ2n) is 16.1. The Morgan fingerprint density at radius 3 is 1.59 bits per heavy atom. The van der Waals surface area contributed by atoms with Crippen molar-refractivity contribution in [1.82, 2.24) is 19.9 Å². The summed E-state index contributed by atoms with van der Waals surface area (Å²) in [4.78, 5) is 43.2. The number of carbonyl (C=O) groups is 2. The Hall–Kier alpha value is -4.12. The van der Waals surface area contributed by atoms with Gasteiger partial charge in [-0.05, 0) is 111 Å². The van der Waals surface area contributed by atoms with Crippen LogP contribution in [0.3, 0.4) is 0 Å². The third kappa shape index (κ3) is 15.9. The normalized spacial score (nSPS) is 14.2. The van der Waals surface area contributed by atoms with E-state index in [9.17, 15) is 27.2 Å². The van der Waals surface area contributed by atoms with Crippen LogP contribution in [-0.4, -0.2) is 89.0 Å². The van der Waals surface area contributed by atoms with Crippen LogP contribution < -0.4 is 24.7 Å². The van der Waals surface area contributed by atoms with Crippen LogP contribution >= 0.6 is 38.6 Å². The zero-order chi connectivity index (χ0) is 45.5. The van der Waals surface area contributed by atoms with E-state index < -0.39 is 48.8 Å². The Balaban J connectivity index is 0.000000321. The maximum atomic E-state index is 12.3. The van der Waals surface area contributed by atoms with Gasteiger partial charge in [0.05, 0.1) is 35.0 Å². The van der Waals surface area contributed by atoms with Crippen LogP contribution in [0.25, 0.3) is 10.6 Å². The predicted molar refractivity (Wildman–Crippen MR) is 234 cm³/mol. The van der Waals surface area contributed by atoms with Crippen molar-refractivity contribution < 1.29 is 55.4 Å². The number of hydrogen-bond acceptors (Lipinski definition) is 14. The molecule has 0 bridgehead atoms. The van der Waals surface area contributed by atoms with Crippen molar-refractivity contribution in [2.45, 2.75) is 126 Å². The van der Waals surface area contributed by atoms with Crippen LogP contribution in [0.15, 0.2) is 40.8 Å². The zero-order valence-corrected chi connectivity index (χ0v) is 39.1. The Kier molecular flexibility index (Phi) is 18.5. The van der Waals surface area contributed by atoms with Gasteiger partial charge in [-0.1, -0.05) is 30.1 Å². The van der Waals surface area contributed by atoms with Crippen LogP contribution in [0.1, 0.15) is 88.1 Å². The number of nitrogens with zero attached hydrogens (tertiary/aromatic N) is 6. The first kappa shape index (κ1) is 53.0. The highest BCUT2D eigenvalue weighted by atomic mass is 79.9. The maximum Gasteiger partial charge on any atom is 0.496 e. The van der Waals surface area contributed by atoms with Gasteiger partial charge in [0.1, 0.15) is 37.7 Å². The zero-order valence-electron chi connectivity index (χ0n) is 35.9. The van der Waals surface area contributed by atoms with Gasteiger partial charge in [-0.15, -0.1) is 0 Å². The summed E-state index contributed by atoms with van der Waals surface area (Å²) in [5.74, 6) is -0.0652. The van der Waals surface area contributed by atoms with Crippen LogP contribution in [0.5, 0.6) is 11.5 Å². The summed E-state index contributed by atoms with van der Waals surface area (Å²) >= 11 is 5.93. The summed E-state index contributed by atoms with van der Waals surface area (Å²) in [5, 5.41) is 1.93. The fourth-order valence-corrected chi connectivity index (χ4v) is 7.20. The molecule has 0 aromatic carbocycles. The lowest BCUT2D eigenvalue weighted by atomic mass is 9.80. The molecule has 0 aliphatic carbocycles. The number of pyridine rings is 2. The molecule has 1 saturated heterocycles. The second kappa shape index (κ2) is 21.3. The van der Waals surface area contributed by atoms with Crippen LogP contribution in [-0.2, 0) is 18.8 Å². The Bertz CT molecular complexity index is 2070. The number of halogens is 5. The fraction of sp³-hybridized carbons (Fsp3) is 0.538. The first-order valence-corrected chi connectivity index (χ1v) is 20.6. The van der Waals surface area contributed by atoms with Crippen LogP contribution in [0.4, 0.5) is 37.2 Å². The molecule has 0 atom stereocenters. The van der Waals surface area contributed by atoms with Crippen molar-refractivity contribution in [1.29, 1.82) is 0 Å². The average molecular weight is 966 g/mol. The van der Waals surface area contributed by atoms with E-state index in [1.165, 1.54) is 69.4 Å². The minimum Gasteiger partial charge on any atom is -0.443 e. The molecule has 14 nitrogen and oxygen atoms in total. The van der Waals surface area contributed by atoms with Crippen LogP contribution in [0.2, 0.25) is 0 Å². The Labute approximate surface area is 371 Å². The molecule has 0 saturated carbocycles. The van der Waals surface area contributed by atoms with Gasteiger partial charge < -0.3 is 28.3 Å². The minimum absolute atomic E-state index is 0. The molecule has 4 aromatic heterocycles. The smallest absolute Gasteiger partial charge is 0.443 e. The van der Waals surface area contributed by atoms with Gasteiger partial charge in [0.25, 0.3) is 0 Å². The standard InChI is InChI=1S/C16H19F2N3O3S.C12H16BF2NO3.C10H15BrN2O2S.CH4/c1-9-13(21(5)15(22)24-16(2,3)4)25-12(20-9)10-6-11(8-19-7-10)23-14(17)18;1-11(2)12(3,4)19-13(18-11)8-5-9(7-16-6-8)17-10(14)15;1-6-7(16-8(11)12-6)13(5)9(14)15-10(2,3)4;/h6-8,14H,1-5H3;5-7,10H,1-4H3;1-5H3;1H4. The van der Waals surface area contributed by atoms with Crippen molar-refractivity contribution in [2.24, 2.45) is 0 Å². The number of thiazole rings is 2. The first-order chi connectivity index (χ1) is 27.5. The van der Waals surface area contributed by atoms with Gasteiger partial charge in [0.2, 0.25) is 0 Å². The monoisotopic (exact) mass is 964 g/mol. The van der Waals surface area contributed by atoms with E-state index in [4.69, 9.17) is 18.8 Å². The lowest BCUT2D eigenvalue weighted by Gasteiger charge is -2.32. The van der Waals surface area contributed by atoms with Crippen LogP contribution in [0, 0.1) is 13.8 Å². The third-order valence-electron chi connectivity index (χ3n) is 8.13. The van der Waals surface area contributed by atoms with Crippen molar-refractivity contribution in [3.05, 3.63) is 52.2 Å². The summed E-state index contributed by atoms with van der Waals surface area (Å²) in [6, 6.07) is 2.87. The molecular weight excluding hydrogens is 911 g/mol. The van der Waals surface area contributed by atoms with Gasteiger partial charge in [0, 0.05) is 37.5 Å². The molecule has 1 aliphatic rings. The van der Waals surface area contributed by atoms with E-state index >= 15 is 0 Å². The van der Waals surface area contributed by atoms with E-state index in [0.717, 1.165) is 14.6 Å². The van der Waals surface area contributed by atoms with Crippen molar-refractivity contribution >= 4 is 73.4 Å². The van der Waals surface area contributed by atoms with Crippen molar-refractivity contribution in [3.63, 3.8) is 0 Å². The quantitative estimate of drug-likeness (QED) is 0.122. The number of aromatic nitrogens is 4. The van der Waals surface area contributed by atoms with Crippen molar-refractivity contribution in [3.8, 4) is 22.1 Å². The summed E-state index contributed by atoms with van der Waals surface area (Å²) in [7, 11) is 2.63. The molecule has 5 heterocycles. The molecule has 338 valence electrons. The average Bonchev–Trinajstić information content (AvgIpc) is 3.72. The summed E-state index contributed by atoms with van der Waals surface area (Å²) in [5.41, 5.74) is 0.429. The van der Waals surface area contributed by atoms with Gasteiger partial charge in [-0.25, -0.2) is 19.6 Å². The highest BCUT2D eigenvalue weighted by Crippen LogP contribution is 2.37. The van der Waals surface area contributed by atoms with Crippen molar-refractivity contribution in [2.75, 3.05) is 23.9 Å². The second-order valence-corrected chi connectivity index (χ2v) is 19.3. The summed E-state index contributed by atoms with van der Waals surface area (Å²) in [6.07, 6.45) is 4.56. The Morgan fingerprint density at radius 2 is 1.16 bits per heavy atom. The third-order valence-corrected chi connectivity index (χ3v) is 11.1. The van der Waals surface area contributed by atoms with Gasteiger partial charge in [-0.2, -0.15) is 17.6 Å². The molecule has 4 aromatic rings.